The highest BCUT2D eigenvalue weighted by molar-refractivity contribution is 7.92. The fourth-order valence-corrected chi connectivity index (χ4v) is 3.58. The van der Waals surface area contributed by atoms with Crippen molar-refractivity contribution in [1.29, 1.82) is 0 Å². The zero-order valence-corrected chi connectivity index (χ0v) is 13.4. The molecule has 0 saturated carbocycles. The van der Waals surface area contributed by atoms with Crippen LogP contribution < -0.4 is 15.2 Å². The minimum absolute atomic E-state index is 0.0689. The van der Waals surface area contributed by atoms with Gasteiger partial charge in [0, 0.05) is 32.0 Å². The van der Waals surface area contributed by atoms with Crippen LogP contribution in [-0.2, 0) is 28.3 Å². The van der Waals surface area contributed by atoms with Crippen molar-refractivity contribution >= 4 is 27.3 Å². The van der Waals surface area contributed by atoms with Crippen LogP contribution in [0.1, 0.15) is 5.56 Å². The molecule has 23 heavy (non-hydrogen) atoms. The van der Waals surface area contributed by atoms with Crippen molar-refractivity contribution in [2.75, 3.05) is 16.7 Å². The van der Waals surface area contributed by atoms with E-state index in [0.717, 1.165) is 5.69 Å². The smallest absolute Gasteiger partial charge is 0.261 e. The quantitative estimate of drug-likeness (QED) is 0.896. The summed E-state index contributed by atoms with van der Waals surface area (Å²) in [4.78, 5) is 24.6. The third-order valence-corrected chi connectivity index (χ3v) is 5.16. The molecule has 1 aliphatic heterocycles. The van der Waals surface area contributed by atoms with Crippen LogP contribution in [0.3, 0.4) is 0 Å². The summed E-state index contributed by atoms with van der Waals surface area (Å²) >= 11 is 0. The van der Waals surface area contributed by atoms with Gasteiger partial charge in [0.15, 0.2) is 0 Å². The minimum atomic E-state index is -3.79. The summed E-state index contributed by atoms with van der Waals surface area (Å²) in [6, 6.07) is 7.27. The second-order valence-electron chi connectivity index (χ2n) is 5.39. The molecule has 7 nitrogen and oxygen atoms in total. The summed E-state index contributed by atoms with van der Waals surface area (Å²) in [5, 5.41) is 0. The molecule has 0 unspecified atom stereocenters. The lowest BCUT2D eigenvalue weighted by Crippen LogP contribution is -2.20. The lowest BCUT2D eigenvalue weighted by molar-refractivity contribution is -0.117. The van der Waals surface area contributed by atoms with Gasteiger partial charge in [0.25, 0.3) is 10.0 Å². The van der Waals surface area contributed by atoms with E-state index in [2.05, 4.69) is 4.72 Å². The third kappa shape index (κ3) is 2.72. The van der Waals surface area contributed by atoms with E-state index in [4.69, 9.17) is 0 Å². The van der Waals surface area contributed by atoms with Crippen molar-refractivity contribution in [3.05, 3.63) is 52.4 Å². The number of carbonyl (C=O) groups excluding carboxylic acids is 1. The number of hydrogen-bond donors (Lipinski definition) is 1. The molecule has 0 aliphatic carbocycles. The van der Waals surface area contributed by atoms with E-state index >= 15 is 0 Å². The monoisotopic (exact) mass is 333 g/mol. The number of hydrogen-bond acceptors (Lipinski definition) is 4. The Bertz CT molecular complexity index is 963. The molecule has 1 amide bonds. The average molecular weight is 333 g/mol. The predicted molar refractivity (Wildman–Crippen MR) is 86.0 cm³/mol. The normalized spacial score (nSPS) is 14.0. The van der Waals surface area contributed by atoms with Gasteiger partial charge in [-0.3, -0.25) is 14.3 Å². The van der Waals surface area contributed by atoms with Crippen molar-refractivity contribution in [2.45, 2.75) is 11.3 Å². The van der Waals surface area contributed by atoms with Gasteiger partial charge in [-0.25, -0.2) is 8.42 Å². The minimum Gasteiger partial charge on any atom is -0.316 e. The lowest BCUT2D eigenvalue weighted by Gasteiger charge is -2.12. The highest BCUT2D eigenvalue weighted by Crippen LogP contribution is 2.30. The molecule has 8 heteroatoms. The Labute approximate surface area is 133 Å². The highest BCUT2D eigenvalue weighted by Gasteiger charge is 2.26. The number of carbonyl (C=O) groups is 1. The van der Waals surface area contributed by atoms with Crippen LogP contribution in [0, 0.1) is 0 Å². The van der Waals surface area contributed by atoms with Crippen molar-refractivity contribution in [2.24, 2.45) is 7.05 Å². The second-order valence-corrected chi connectivity index (χ2v) is 7.07. The number of nitrogens with one attached hydrogen (secondary N) is 1. The highest BCUT2D eigenvalue weighted by atomic mass is 32.2. The van der Waals surface area contributed by atoms with Crippen LogP contribution in [0.5, 0.6) is 0 Å². The maximum absolute atomic E-state index is 12.5. The van der Waals surface area contributed by atoms with Gasteiger partial charge in [-0.2, -0.15) is 0 Å². The summed E-state index contributed by atoms with van der Waals surface area (Å²) in [7, 11) is -0.598. The predicted octanol–water partition coefficient (Wildman–Crippen LogP) is 0.705. The number of benzene rings is 1. The van der Waals surface area contributed by atoms with Gasteiger partial charge in [-0.15, -0.1) is 0 Å². The molecule has 0 atom stereocenters. The van der Waals surface area contributed by atoms with Gasteiger partial charge < -0.3 is 9.47 Å². The SMILES string of the molecule is CN1C(=O)Cc2cc(S(=O)(=O)Nc3ccc(=O)n(C)c3)ccc21. The van der Waals surface area contributed by atoms with Gasteiger partial charge in [-0.1, -0.05) is 0 Å². The Hall–Kier alpha value is -2.61. The molecule has 0 saturated heterocycles. The average Bonchev–Trinajstić information content (AvgIpc) is 2.77. The molecule has 0 spiro atoms. The number of likely N-dealkylation sites (N-methyl/N-ethyl adjacent to an activating group) is 1. The zero-order valence-electron chi connectivity index (χ0n) is 12.6. The topological polar surface area (TPSA) is 88.5 Å². The Morgan fingerprint density at radius 3 is 2.52 bits per heavy atom. The van der Waals surface area contributed by atoms with E-state index in [-0.39, 0.29) is 22.8 Å². The molecule has 0 bridgehead atoms. The molecule has 1 aromatic heterocycles. The third-order valence-electron chi connectivity index (χ3n) is 3.78. The van der Waals surface area contributed by atoms with Crippen molar-refractivity contribution < 1.29 is 13.2 Å². The van der Waals surface area contributed by atoms with Crippen LogP contribution in [0.15, 0.2) is 46.2 Å². The molecule has 0 fully saturated rings. The number of anilines is 2. The molecule has 2 aromatic rings. The largest absolute Gasteiger partial charge is 0.316 e. The Kier molecular flexibility index (Phi) is 3.48. The van der Waals surface area contributed by atoms with E-state index in [9.17, 15) is 18.0 Å². The van der Waals surface area contributed by atoms with Crippen LogP contribution in [-0.4, -0.2) is 25.9 Å². The van der Waals surface area contributed by atoms with E-state index < -0.39 is 10.0 Å². The maximum Gasteiger partial charge on any atom is 0.261 e. The van der Waals surface area contributed by atoms with Gasteiger partial charge in [0.05, 0.1) is 17.0 Å². The Morgan fingerprint density at radius 1 is 1.09 bits per heavy atom. The summed E-state index contributed by atoms with van der Waals surface area (Å²) in [5.74, 6) is -0.0689. The van der Waals surface area contributed by atoms with Crippen LogP contribution in [0.25, 0.3) is 0 Å². The van der Waals surface area contributed by atoms with Crippen LogP contribution >= 0.6 is 0 Å². The molecule has 1 N–H and O–H groups in total. The summed E-state index contributed by atoms with van der Waals surface area (Å²) in [5.41, 5.74) is 1.46. The van der Waals surface area contributed by atoms with Crippen molar-refractivity contribution in [3.8, 4) is 0 Å². The van der Waals surface area contributed by atoms with Gasteiger partial charge in [0.2, 0.25) is 11.5 Å². The molecule has 0 radical (unpaired) electrons. The standard InChI is InChI=1S/C15H15N3O4S/c1-17-9-11(3-6-14(17)19)16-23(21,22)12-4-5-13-10(7-12)8-15(20)18(13)2/h3-7,9,16H,8H2,1-2H3. The number of rotatable bonds is 3. The number of aryl methyl sites for hydroxylation is 1. The van der Waals surface area contributed by atoms with E-state index in [1.54, 1.807) is 13.1 Å². The molecule has 3 rings (SSSR count). The molecule has 1 aromatic carbocycles. The molecule has 1 aliphatic rings. The number of amides is 1. The molecular weight excluding hydrogens is 318 g/mol. The lowest BCUT2D eigenvalue weighted by atomic mass is 10.2. The van der Waals surface area contributed by atoms with E-state index in [1.165, 1.54) is 47.0 Å². The van der Waals surface area contributed by atoms with Crippen LogP contribution in [0.2, 0.25) is 0 Å². The van der Waals surface area contributed by atoms with E-state index in [1.807, 2.05) is 0 Å². The summed E-state index contributed by atoms with van der Waals surface area (Å²) < 4.78 is 28.6. The summed E-state index contributed by atoms with van der Waals surface area (Å²) in [6.45, 7) is 0. The fourth-order valence-electron chi connectivity index (χ4n) is 2.48. The van der Waals surface area contributed by atoms with Crippen LogP contribution in [0.4, 0.5) is 11.4 Å². The van der Waals surface area contributed by atoms with E-state index in [0.29, 0.717) is 11.3 Å². The van der Waals surface area contributed by atoms with Gasteiger partial charge >= 0.3 is 0 Å². The molecular formula is C15H15N3O4S. The summed E-state index contributed by atoms with van der Waals surface area (Å²) in [6.07, 6.45) is 1.60. The first-order valence-corrected chi connectivity index (χ1v) is 8.35. The zero-order chi connectivity index (χ0) is 16.8. The van der Waals surface area contributed by atoms with Gasteiger partial charge in [-0.05, 0) is 29.8 Å². The number of sulfonamides is 1. The Morgan fingerprint density at radius 2 is 1.83 bits per heavy atom. The fraction of sp³-hybridized carbons (Fsp3) is 0.200. The molecule has 2 heterocycles. The maximum atomic E-state index is 12.5. The first-order valence-electron chi connectivity index (χ1n) is 6.87. The van der Waals surface area contributed by atoms with Crippen molar-refractivity contribution in [1.82, 2.24) is 4.57 Å². The van der Waals surface area contributed by atoms with Crippen molar-refractivity contribution in [3.63, 3.8) is 0 Å². The van der Waals surface area contributed by atoms with Gasteiger partial charge in [0.1, 0.15) is 0 Å². The number of pyridine rings is 1. The second kappa shape index (κ2) is 5.24. The first kappa shape index (κ1) is 15.3. The number of fused-ring (bicyclic) bond motifs is 1. The Balaban J connectivity index is 1.94. The number of nitrogens with zero attached hydrogens (tertiary/aromatic N) is 2. The number of aromatic nitrogens is 1. The molecule has 120 valence electrons. The first-order chi connectivity index (χ1) is 10.8.